The maximum absolute atomic E-state index is 11.7. The van der Waals surface area contributed by atoms with Crippen LogP contribution in [0.15, 0.2) is 18.2 Å². The van der Waals surface area contributed by atoms with E-state index in [0.29, 0.717) is 11.3 Å². The van der Waals surface area contributed by atoms with E-state index in [1.807, 2.05) is 6.07 Å². The molecule has 0 aliphatic carbocycles. The van der Waals surface area contributed by atoms with Gasteiger partial charge in [-0.1, -0.05) is 12.1 Å². The maximum Gasteiger partial charge on any atom is 0.259 e. The van der Waals surface area contributed by atoms with E-state index in [1.165, 1.54) is 0 Å². The first-order valence-electron chi connectivity index (χ1n) is 5.08. The molecule has 0 spiro atoms. The fourth-order valence-electron chi connectivity index (χ4n) is 1.75. The molecule has 0 unspecified atom stereocenters. The second kappa shape index (κ2) is 4.36. The van der Waals surface area contributed by atoms with Gasteiger partial charge in [0.1, 0.15) is 19.3 Å². The monoisotopic (exact) mass is 230 g/mol. The minimum Gasteiger partial charge on any atom is -0.362 e. The van der Waals surface area contributed by atoms with Crippen molar-refractivity contribution in [2.45, 2.75) is 6.92 Å². The molecule has 1 aromatic carbocycles. The first-order valence-corrected chi connectivity index (χ1v) is 5.08. The van der Waals surface area contributed by atoms with Gasteiger partial charge in [-0.15, -0.1) is 0 Å². The second-order valence-electron chi connectivity index (χ2n) is 3.70. The fraction of sp³-hybridized carbons (Fsp3) is 0.250. The average molecular weight is 230 g/mol. The number of anilines is 1. The summed E-state index contributed by atoms with van der Waals surface area (Å²) in [6.07, 6.45) is 0. The first kappa shape index (κ1) is 11.3. The topological polar surface area (TPSA) is 70.4 Å². The Bertz CT molecular complexity index is 515. The van der Waals surface area contributed by atoms with Crippen molar-refractivity contribution in [1.82, 2.24) is 0 Å². The van der Waals surface area contributed by atoms with Crippen LogP contribution in [-0.2, 0) is 14.3 Å². The quantitative estimate of drug-likeness (QED) is 0.668. The molecule has 1 aliphatic rings. The summed E-state index contributed by atoms with van der Waals surface area (Å²) in [5.74, 6) is -0.883. The zero-order valence-electron chi connectivity index (χ0n) is 9.27. The summed E-state index contributed by atoms with van der Waals surface area (Å²) in [6, 6.07) is 7.08. The minimum absolute atomic E-state index is 0.134. The summed E-state index contributed by atoms with van der Waals surface area (Å²) in [4.78, 5) is 24.3. The number of ether oxygens (including phenoxy) is 1. The van der Waals surface area contributed by atoms with E-state index in [4.69, 9.17) is 10.00 Å². The zero-order valence-corrected chi connectivity index (χ0v) is 9.27. The third-order valence-electron chi connectivity index (χ3n) is 2.55. The number of amides is 2. The lowest BCUT2D eigenvalue weighted by Crippen LogP contribution is -2.46. The Morgan fingerprint density at radius 2 is 1.94 bits per heavy atom. The van der Waals surface area contributed by atoms with Gasteiger partial charge in [-0.25, -0.2) is 4.90 Å². The Labute approximate surface area is 98.2 Å². The summed E-state index contributed by atoms with van der Waals surface area (Å²) >= 11 is 0. The Balaban J connectivity index is 2.53. The van der Waals surface area contributed by atoms with Crippen molar-refractivity contribution in [3.8, 4) is 6.07 Å². The van der Waals surface area contributed by atoms with Crippen LogP contribution in [0.25, 0.3) is 0 Å². The Morgan fingerprint density at radius 3 is 2.53 bits per heavy atom. The average Bonchev–Trinajstić information content (AvgIpc) is 2.29. The molecule has 17 heavy (non-hydrogen) atoms. The van der Waals surface area contributed by atoms with Gasteiger partial charge < -0.3 is 4.74 Å². The van der Waals surface area contributed by atoms with E-state index < -0.39 is 11.8 Å². The van der Waals surface area contributed by atoms with Gasteiger partial charge in [-0.2, -0.15) is 5.26 Å². The lowest BCUT2D eigenvalue weighted by molar-refractivity contribution is -0.138. The number of hydrogen-bond acceptors (Lipinski definition) is 4. The highest BCUT2D eigenvalue weighted by Crippen LogP contribution is 2.24. The van der Waals surface area contributed by atoms with Crippen LogP contribution in [0.1, 0.15) is 11.1 Å². The second-order valence-corrected chi connectivity index (χ2v) is 3.70. The normalized spacial score (nSPS) is 15.9. The molecule has 1 aliphatic heterocycles. The predicted octanol–water partition coefficient (Wildman–Crippen LogP) is 0.756. The van der Waals surface area contributed by atoms with Crippen molar-refractivity contribution in [1.29, 1.82) is 5.26 Å². The Kier molecular flexibility index (Phi) is 2.90. The van der Waals surface area contributed by atoms with Gasteiger partial charge in [0.15, 0.2) is 0 Å². The molecule has 2 amide bonds. The molecule has 0 saturated carbocycles. The van der Waals surface area contributed by atoms with Gasteiger partial charge in [-0.3, -0.25) is 9.59 Å². The molecule has 1 aromatic rings. The highest BCUT2D eigenvalue weighted by atomic mass is 16.5. The van der Waals surface area contributed by atoms with Crippen LogP contribution in [0.5, 0.6) is 0 Å². The van der Waals surface area contributed by atoms with Crippen molar-refractivity contribution >= 4 is 17.5 Å². The lowest BCUT2D eigenvalue weighted by Gasteiger charge is -2.25. The number of hydrogen-bond donors (Lipinski definition) is 0. The number of aryl methyl sites for hydroxylation is 1. The molecule has 0 N–H and O–H groups in total. The smallest absolute Gasteiger partial charge is 0.259 e. The highest BCUT2D eigenvalue weighted by Gasteiger charge is 2.30. The molecule has 5 heteroatoms. The van der Waals surface area contributed by atoms with Crippen molar-refractivity contribution in [2.75, 3.05) is 18.1 Å². The number of carbonyl (C=O) groups excluding carboxylic acids is 2. The number of nitrogens with zero attached hydrogens (tertiary/aromatic N) is 2. The molecular formula is C12H10N2O3. The van der Waals surface area contributed by atoms with Crippen molar-refractivity contribution in [3.05, 3.63) is 29.3 Å². The van der Waals surface area contributed by atoms with E-state index in [1.54, 1.807) is 25.1 Å². The molecule has 1 heterocycles. The standard InChI is InChI=1S/C12H10N2O3/c1-8-3-2-4-10(9(8)5-13)14-11(15)6-17-7-12(14)16/h2-4H,6-7H2,1H3. The molecule has 0 atom stereocenters. The Hall–Kier alpha value is -2.19. The van der Waals surface area contributed by atoms with Crippen molar-refractivity contribution < 1.29 is 14.3 Å². The van der Waals surface area contributed by atoms with Gasteiger partial charge in [0.05, 0.1) is 11.3 Å². The lowest BCUT2D eigenvalue weighted by atomic mass is 10.1. The molecule has 5 nitrogen and oxygen atoms in total. The number of carbonyl (C=O) groups is 2. The van der Waals surface area contributed by atoms with Crippen LogP contribution >= 0.6 is 0 Å². The van der Waals surface area contributed by atoms with E-state index in [2.05, 4.69) is 0 Å². The maximum atomic E-state index is 11.7. The summed E-state index contributed by atoms with van der Waals surface area (Å²) < 4.78 is 4.83. The molecule has 86 valence electrons. The van der Waals surface area contributed by atoms with Crippen molar-refractivity contribution in [3.63, 3.8) is 0 Å². The molecule has 0 radical (unpaired) electrons. The summed E-state index contributed by atoms with van der Waals surface area (Å²) in [5, 5.41) is 9.07. The van der Waals surface area contributed by atoms with E-state index in [0.717, 1.165) is 10.5 Å². The SMILES string of the molecule is Cc1cccc(N2C(=O)COCC2=O)c1C#N. The third-order valence-corrected chi connectivity index (χ3v) is 2.55. The summed E-state index contributed by atoms with van der Waals surface area (Å²) in [7, 11) is 0. The van der Waals surface area contributed by atoms with Crippen LogP contribution in [0, 0.1) is 18.3 Å². The van der Waals surface area contributed by atoms with Gasteiger partial charge in [-0.05, 0) is 18.6 Å². The van der Waals surface area contributed by atoms with Crippen molar-refractivity contribution in [2.24, 2.45) is 0 Å². The Morgan fingerprint density at radius 1 is 1.29 bits per heavy atom. The molecule has 2 rings (SSSR count). The fourth-order valence-corrected chi connectivity index (χ4v) is 1.75. The van der Waals surface area contributed by atoms with Crippen LogP contribution < -0.4 is 4.90 Å². The van der Waals surface area contributed by atoms with Crippen LogP contribution in [0.4, 0.5) is 5.69 Å². The highest BCUT2D eigenvalue weighted by molar-refractivity contribution is 6.17. The van der Waals surface area contributed by atoms with Gasteiger partial charge in [0.2, 0.25) is 0 Å². The number of morpholine rings is 1. The largest absolute Gasteiger partial charge is 0.362 e. The summed E-state index contributed by atoms with van der Waals surface area (Å²) in [6.45, 7) is 1.49. The number of rotatable bonds is 1. The number of imide groups is 1. The van der Waals surface area contributed by atoms with E-state index in [-0.39, 0.29) is 13.2 Å². The van der Waals surface area contributed by atoms with Crippen LogP contribution in [0.2, 0.25) is 0 Å². The first-order chi connectivity index (χ1) is 8.15. The van der Waals surface area contributed by atoms with Gasteiger partial charge in [0, 0.05) is 0 Å². The number of nitriles is 1. The molecular weight excluding hydrogens is 220 g/mol. The van der Waals surface area contributed by atoms with Crippen LogP contribution in [0.3, 0.4) is 0 Å². The molecule has 0 aromatic heterocycles. The zero-order chi connectivity index (χ0) is 12.4. The summed E-state index contributed by atoms with van der Waals surface area (Å²) in [5.41, 5.74) is 1.42. The van der Waals surface area contributed by atoms with Gasteiger partial charge in [0.25, 0.3) is 11.8 Å². The molecule has 1 fully saturated rings. The minimum atomic E-state index is -0.441. The molecule has 0 bridgehead atoms. The third kappa shape index (κ3) is 1.90. The predicted molar refractivity (Wildman–Crippen MR) is 59.2 cm³/mol. The van der Waals surface area contributed by atoms with E-state index >= 15 is 0 Å². The number of benzene rings is 1. The van der Waals surface area contributed by atoms with E-state index in [9.17, 15) is 9.59 Å². The van der Waals surface area contributed by atoms with Crippen LogP contribution in [-0.4, -0.2) is 25.0 Å². The molecule has 1 saturated heterocycles. The van der Waals surface area contributed by atoms with Gasteiger partial charge >= 0.3 is 0 Å².